The average molecular weight is 609 g/mol. The summed E-state index contributed by atoms with van der Waals surface area (Å²) in [5, 5.41) is 92.5. The lowest BCUT2D eigenvalue weighted by atomic mass is 9.89. The highest BCUT2D eigenvalue weighted by Crippen LogP contribution is 2.45. The van der Waals surface area contributed by atoms with Gasteiger partial charge in [0, 0.05) is 17.7 Å². The van der Waals surface area contributed by atoms with Gasteiger partial charge in [0.25, 0.3) is 0 Å². The monoisotopic (exact) mass is 608 g/mol. The van der Waals surface area contributed by atoms with Crippen molar-refractivity contribution in [1.82, 2.24) is 0 Å². The van der Waals surface area contributed by atoms with Crippen LogP contribution in [0.3, 0.4) is 0 Å². The Balaban J connectivity index is 1.69. The first kappa shape index (κ1) is 31.1. The van der Waals surface area contributed by atoms with Crippen LogP contribution >= 0.6 is 0 Å². The molecular formula is C28H32O15. The highest BCUT2D eigenvalue weighted by atomic mass is 16.7. The van der Waals surface area contributed by atoms with E-state index in [2.05, 4.69) is 0 Å². The highest BCUT2D eigenvalue weighted by Gasteiger charge is 2.52. The van der Waals surface area contributed by atoms with Crippen molar-refractivity contribution in [3.8, 4) is 28.6 Å². The van der Waals surface area contributed by atoms with E-state index in [-0.39, 0.29) is 33.8 Å². The summed E-state index contributed by atoms with van der Waals surface area (Å²) in [6.07, 6.45) is -16.8. The van der Waals surface area contributed by atoms with Crippen molar-refractivity contribution in [2.75, 3.05) is 20.3 Å². The van der Waals surface area contributed by atoms with Crippen LogP contribution in [0.2, 0.25) is 0 Å². The summed E-state index contributed by atoms with van der Waals surface area (Å²) in [7, 11) is 1.23. The van der Waals surface area contributed by atoms with Gasteiger partial charge in [0.05, 0.1) is 25.9 Å². The van der Waals surface area contributed by atoms with Crippen molar-refractivity contribution in [1.29, 1.82) is 0 Å². The Hall–Kier alpha value is -3.35. The number of phenolic OH excluding ortho intramolecular Hbond substituents is 2. The molecule has 0 spiro atoms. The maximum absolute atomic E-state index is 13.3. The topological polar surface area (TPSA) is 249 Å². The number of hydrogen-bond donors (Lipinski definition) is 9. The van der Waals surface area contributed by atoms with Crippen molar-refractivity contribution in [3.05, 3.63) is 52.2 Å². The van der Waals surface area contributed by atoms with E-state index in [1.807, 2.05) is 0 Å². The zero-order valence-electron chi connectivity index (χ0n) is 22.6. The first-order valence-corrected chi connectivity index (χ1v) is 13.3. The third-order valence-electron chi connectivity index (χ3n) is 7.64. The van der Waals surface area contributed by atoms with Gasteiger partial charge in [0.1, 0.15) is 83.3 Å². The fourth-order valence-electron chi connectivity index (χ4n) is 5.33. The van der Waals surface area contributed by atoms with Crippen LogP contribution in [0.1, 0.15) is 11.7 Å². The van der Waals surface area contributed by atoms with Crippen molar-refractivity contribution < 1.29 is 69.3 Å². The number of hydrogen-bond acceptors (Lipinski definition) is 15. The number of aliphatic hydroxyl groups is 7. The standard InChI is InChI=1S/C28H32O15/c1-39-15-7-13(33)18-12(32)6-14(10-2-4-11(31)5-3-10)40-25(18)19(15)26-27(23(37)21(35)16(8-29)41-26)43-28-24(38)22(36)20(34)17(9-30)42-28/h2-7,16-17,20-24,26-31,33-38H,8-9H2,1H3. The lowest BCUT2D eigenvalue weighted by molar-refractivity contribution is -0.342. The summed E-state index contributed by atoms with van der Waals surface area (Å²) < 4.78 is 28.8. The van der Waals surface area contributed by atoms with E-state index in [4.69, 9.17) is 23.4 Å². The number of ether oxygens (including phenoxy) is 4. The number of phenols is 2. The molecule has 43 heavy (non-hydrogen) atoms. The Morgan fingerprint density at radius 3 is 2.07 bits per heavy atom. The molecule has 2 aromatic carbocycles. The largest absolute Gasteiger partial charge is 0.508 e. The molecule has 5 rings (SSSR count). The van der Waals surface area contributed by atoms with Crippen molar-refractivity contribution >= 4 is 11.0 Å². The van der Waals surface area contributed by atoms with Crippen LogP contribution in [0.4, 0.5) is 0 Å². The Bertz CT molecular complexity index is 1490. The zero-order valence-corrected chi connectivity index (χ0v) is 22.6. The molecule has 2 fully saturated rings. The summed E-state index contributed by atoms with van der Waals surface area (Å²) >= 11 is 0. The summed E-state index contributed by atoms with van der Waals surface area (Å²) in [6, 6.07) is 7.88. The number of rotatable bonds is 7. The number of methoxy groups -OCH3 is 1. The lowest BCUT2D eigenvalue weighted by Crippen LogP contribution is -2.62. The molecule has 9 N–H and O–H groups in total. The summed E-state index contributed by atoms with van der Waals surface area (Å²) in [4.78, 5) is 13.3. The fraction of sp³-hybridized carbons (Fsp3) is 0.464. The number of aliphatic hydroxyl groups excluding tert-OH is 7. The molecule has 2 saturated heterocycles. The van der Waals surface area contributed by atoms with Gasteiger partial charge in [-0.25, -0.2) is 0 Å². The maximum atomic E-state index is 13.3. The van der Waals surface area contributed by atoms with Crippen LogP contribution in [-0.2, 0) is 14.2 Å². The lowest BCUT2D eigenvalue weighted by Gasteiger charge is -2.46. The smallest absolute Gasteiger partial charge is 0.197 e. The molecule has 3 heterocycles. The predicted molar refractivity (Wildman–Crippen MR) is 143 cm³/mol. The Kier molecular flexibility index (Phi) is 8.92. The van der Waals surface area contributed by atoms with Crippen molar-refractivity contribution in [2.24, 2.45) is 0 Å². The Morgan fingerprint density at radius 2 is 1.44 bits per heavy atom. The number of benzene rings is 2. The Labute approximate surface area is 242 Å². The van der Waals surface area contributed by atoms with E-state index in [0.29, 0.717) is 5.56 Å². The van der Waals surface area contributed by atoms with Crippen LogP contribution in [0, 0.1) is 0 Å². The minimum Gasteiger partial charge on any atom is -0.508 e. The van der Waals surface area contributed by atoms with Gasteiger partial charge in [-0.05, 0) is 24.3 Å². The second kappa shape index (κ2) is 12.3. The van der Waals surface area contributed by atoms with Crippen LogP contribution in [0.5, 0.6) is 17.2 Å². The molecule has 0 aliphatic carbocycles. The van der Waals surface area contributed by atoms with Gasteiger partial charge < -0.3 is 69.3 Å². The Morgan fingerprint density at radius 1 is 0.814 bits per heavy atom. The van der Waals surface area contributed by atoms with Gasteiger partial charge in [-0.1, -0.05) is 0 Å². The summed E-state index contributed by atoms with van der Waals surface area (Å²) in [5.74, 6) is -0.682. The van der Waals surface area contributed by atoms with E-state index in [1.165, 1.54) is 31.4 Å². The molecule has 10 unspecified atom stereocenters. The molecular weight excluding hydrogens is 576 g/mol. The van der Waals surface area contributed by atoms with Gasteiger partial charge in [-0.2, -0.15) is 0 Å². The quantitative estimate of drug-likeness (QED) is 0.144. The predicted octanol–water partition coefficient (Wildman–Crippen LogP) is -1.78. The highest BCUT2D eigenvalue weighted by molar-refractivity contribution is 5.89. The molecule has 2 aliphatic rings. The molecule has 234 valence electrons. The van der Waals surface area contributed by atoms with Crippen LogP contribution in [0.15, 0.2) is 45.6 Å². The molecule has 10 atom stereocenters. The first-order valence-electron chi connectivity index (χ1n) is 13.3. The van der Waals surface area contributed by atoms with E-state index >= 15 is 0 Å². The molecule has 0 amide bonds. The van der Waals surface area contributed by atoms with Gasteiger partial charge in [-0.3, -0.25) is 4.79 Å². The summed E-state index contributed by atoms with van der Waals surface area (Å²) in [6.45, 7) is -1.54. The molecule has 0 saturated carbocycles. The van der Waals surface area contributed by atoms with E-state index < -0.39 is 85.6 Å². The molecule has 15 heteroatoms. The molecule has 0 radical (unpaired) electrons. The van der Waals surface area contributed by atoms with Gasteiger partial charge in [0.2, 0.25) is 0 Å². The number of aromatic hydroxyl groups is 2. The third-order valence-corrected chi connectivity index (χ3v) is 7.64. The molecule has 1 aromatic heterocycles. The fourth-order valence-corrected chi connectivity index (χ4v) is 5.33. The SMILES string of the molecule is COc1cc(O)c2c(=O)cc(-c3ccc(O)cc3)oc2c1C1OC(CO)C(O)C(O)C1OC1OC(CO)C(O)C(O)C1O. The van der Waals surface area contributed by atoms with E-state index in [9.17, 15) is 50.8 Å². The molecule has 15 nitrogen and oxygen atoms in total. The average Bonchev–Trinajstić information content (AvgIpc) is 2.99. The van der Waals surface area contributed by atoms with Gasteiger partial charge >= 0.3 is 0 Å². The van der Waals surface area contributed by atoms with E-state index in [1.54, 1.807) is 0 Å². The van der Waals surface area contributed by atoms with Gasteiger partial charge in [0.15, 0.2) is 17.3 Å². The third kappa shape index (κ3) is 5.56. The first-order chi connectivity index (χ1) is 20.5. The normalized spacial score (nSPS) is 33.0. The second-order valence-electron chi connectivity index (χ2n) is 10.3. The minimum absolute atomic E-state index is 0.00732. The van der Waals surface area contributed by atoms with Crippen LogP contribution < -0.4 is 10.2 Å². The van der Waals surface area contributed by atoms with Crippen molar-refractivity contribution in [2.45, 2.75) is 61.2 Å². The van der Waals surface area contributed by atoms with E-state index in [0.717, 1.165) is 12.1 Å². The summed E-state index contributed by atoms with van der Waals surface area (Å²) in [5.41, 5.74) is -0.702. The van der Waals surface area contributed by atoms with Crippen LogP contribution in [-0.4, -0.2) is 121 Å². The minimum atomic E-state index is -1.89. The zero-order chi connectivity index (χ0) is 31.2. The van der Waals surface area contributed by atoms with Crippen molar-refractivity contribution in [3.63, 3.8) is 0 Å². The molecule has 2 aliphatic heterocycles. The maximum Gasteiger partial charge on any atom is 0.197 e. The number of fused-ring (bicyclic) bond motifs is 1. The van der Waals surface area contributed by atoms with Gasteiger partial charge in [-0.15, -0.1) is 0 Å². The second-order valence-corrected chi connectivity index (χ2v) is 10.3. The molecule has 0 bridgehead atoms. The molecule has 3 aromatic rings. The van der Waals surface area contributed by atoms with Crippen LogP contribution in [0.25, 0.3) is 22.3 Å².